The highest BCUT2D eigenvalue weighted by molar-refractivity contribution is 6.31. The van der Waals surface area contributed by atoms with Gasteiger partial charge in [-0.15, -0.1) is 0 Å². The first-order chi connectivity index (χ1) is 17.4. The molecule has 0 unspecified atom stereocenters. The van der Waals surface area contributed by atoms with Crippen LogP contribution >= 0.6 is 23.2 Å². The summed E-state index contributed by atoms with van der Waals surface area (Å²) in [6.45, 7) is 2.23. The van der Waals surface area contributed by atoms with Crippen molar-refractivity contribution < 1.29 is 4.39 Å². The summed E-state index contributed by atoms with van der Waals surface area (Å²) < 4.78 is 16.6. The second-order valence-corrected chi connectivity index (χ2v) is 9.83. The molecule has 2 aromatic heterocycles. The standard InChI is InChI=1S/C28H26Cl2FN5/c1-35(2)11-10-32-25-12-20(29)9-8-19(25)16-36-17-34-27(18-6-4-3-5-7-18)28(36)22-15-33-26-14-23(30)24(31)13-21(22)26/h3-9,12-15,17,32-33H,10-11,16H2,1-2H3. The van der Waals surface area contributed by atoms with Crippen molar-refractivity contribution in [2.45, 2.75) is 6.54 Å². The number of fused-ring (bicyclic) bond motifs is 1. The Hall–Kier alpha value is -3.32. The number of aromatic nitrogens is 3. The van der Waals surface area contributed by atoms with E-state index >= 15 is 0 Å². The Labute approximate surface area is 219 Å². The molecule has 0 saturated carbocycles. The molecule has 36 heavy (non-hydrogen) atoms. The Morgan fingerprint density at radius 2 is 1.86 bits per heavy atom. The monoisotopic (exact) mass is 521 g/mol. The van der Waals surface area contributed by atoms with Crippen LogP contribution in [0.2, 0.25) is 10.0 Å². The quantitative estimate of drug-likeness (QED) is 0.227. The van der Waals surface area contributed by atoms with Gasteiger partial charge in [0.1, 0.15) is 5.82 Å². The zero-order valence-corrected chi connectivity index (χ0v) is 21.5. The molecule has 0 aliphatic heterocycles. The molecule has 5 aromatic rings. The summed E-state index contributed by atoms with van der Waals surface area (Å²) in [4.78, 5) is 10.2. The molecular formula is C28H26Cl2FN5. The molecule has 0 aliphatic rings. The Bertz CT molecular complexity index is 1510. The third-order valence-corrected chi connectivity index (χ3v) is 6.67. The molecule has 5 rings (SSSR count). The van der Waals surface area contributed by atoms with Crippen molar-refractivity contribution in [3.63, 3.8) is 0 Å². The molecular weight excluding hydrogens is 496 g/mol. The highest BCUT2D eigenvalue weighted by atomic mass is 35.5. The summed E-state index contributed by atoms with van der Waals surface area (Å²) in [5, 5.41) is 5.02. The van der Waals surface area contributed by atoms with Gasteiger partial charge in [0.15, 0.2) is 0 Å². The van der Waals surface area contributed by atoms with E-state index in [1.54, 1.807) is 6.07 Å². The number of H-pyrrole nitrogens is 1. The maximum atomic E-state index is 14.5. The number of nitrogens with one attached hydrogen (secondary N) is 2. The molecule has 0 aliphatic carbocycles. The minimum atomic E-state index is -0.456. The van der Waals surface area contributed by atoms with Crippen molar-refractivity contribution in [3.8, 4) is 22.5 Å². The third-order valence-electron chi connectivity index (χ3n) is 6.15. The van der Waals surface area contributed by atoms with Crippen LogP contribution in [0.1, 0.15) is 5.56 Å². The number of nitrogens with zero attached hydrogens (tertiary/aromatic N) is 3. The van der Waals surface area contributed by atoms with Gasteiger partial charge in [-0.1, -0.05) is 59.6 Å². The lowest BCUT2D eigenvalue weighted by Crippen LogP contribution is -2.21. The van der Waals surface area contributed by atoms with Crippen LogP contribution in [-0.2, 0) is 6.54 Å². The summed E-state index contributed by atoms with van der Waals surface area (Å²) in [6.07, 6.45) is 3.72. The number of hydrogen-bond acceptors (Lipinski definition) is 3. The predicted octanol–water partition coefficient (Wildman–Crippen LogP) is 7.17. The predicted molar refractivity (Wildman–Crippen MR) is 148 cm³/mol. The maximum absolute atomic E-state index is 14.5. The van der Waals surface area contributed by atoms with Crippen LogP contribution in [-0.4, -0.2) is 46.6 Å². The average molecular weight is 522 g/mol. The second kappa shape index (κ2) is 10.3. The summed E-state index contributed by atoms with van der Waals surface area (Å²) in [7, 11) is 4.08. The number of anilines is 1. The lowest BCUT2D eigenvalue weighted by molar-refractivity contribution is 0.425. The summed E-state index contributed by atoms with van der Waals surface area (Å²) in [5.74, 6) is -0.456. The Balaban J connectivity index is 1.62. The third kappa shape index (κ3) is 4.98. The van der Waals surface area contributed by atoms with Crippen molar-refractivity contribution >= 4 is 39.8 Å². The summed E-state index contributed by atoms with van der Waals surface area (Å²) >= 11 is 12.4. The van der Waals surface area contributed by atoms with Crippen molar-refractivity contribution in [3.05, 3.63) is 94.6 Å². The molecule has 2 N–H and O–H groups in total. The first kappa shape index (κ1) is 24.4. The van der Waals surface area contributed by atoms with E-state index < -0.39 is 5.82 Å². The Morgan fingerprint density at radius 1 is 1.06 bits per heavy atom. The molecule has 3 aromatic carbocycles. The fraction of sp³-hybridized carbons (Fsp3) is 0.179. The zero-order valence-electron chi connectivity index (χ0n) is 20.0. The lowest BCUT2D eigenvalue weighted by atomic mass is 10.0. The van der Waals surface area contributed by atoms with Gasteiger partial charge in [0.05, 0.1) is 29.3 Å². The van der Waals surface area contributed by atoms with E-state index in [1.165, 1.54) is 6.07 Å². The van der Waals surface area contributed by atoms with E-state index in [2.05, 4.69) is 19.8 Å². The van der Waals surface area contributed by atoms with Gasteiger partial charge in [-0.05, 0) is 43.9 Å². The minimum absolute atomic E-state index is 0.0855. The molecule has 184 valence electrons. The summed E-state index contributed by atoms with van der Waals surface area (Å²) in [5.41, 5.74) is 6.36. The van der Waals surface area contributed by atoms with Gasteiger partial charge in [0, 0.05) is 52.0 Å². The van der Waals surface area contributed by atoms with Gasteiger partial charge < -0.3 is 19.8 Å². The van der Waals surface area contributed by atoms with Gasteiger partial charge in [-0.2, -0.15) is 0 Å². The molecule has 2 heterocycles. The second-order valence-electron chi connectivity index (χ2n) is 8.98. The van der Waals surface area contributed by atoms with E-state index in [-0.39, 0.29) is 5.02 Å². The first-order valence-electron chi connectivity index (χ1n) is 11.6. The fourth-order valence-corrected chi connectivity index (χ4v) is 4.69. The topological polar surface area (TPSA) is 48.9 Å². The summed E-state index contributed by atoms with van der Waals surface area (Å²) in [6, 6.07) is 19.0. The van der Waals surface area contributed by atoms with Crippen molar-refractivity contribution in [1.82, 2.24) is 19.4 Å². The van der Waals surface area contributed by atoms with E-state index in [0.29, 0.717) is 11.6 Å². The lowest BCUT2D eigenvalue weighted by Gasteiger charge is -2.17. The van der Waals surface area contributed by atoms with Gasteiger partial charge in [-0.3, -0.25) is 0 Å². The van der Waals surface area contributed by atoms with E-state index in [9.17, 15) is 4.39 Å². The van der Waals surface area contributed by atoms with Crippen LogP contribution in [0.5, 0.6) is 0 Å². The van der Waals surface area contributed by atoms with E-state index in [4.69, 9.17) is 28.2 Å². The number of benzene rings is 3. The molecule has 0 amide bonds. The molecule has 0 radical (unpaired) electrons. The van der Waals surface area contributed by atoms with Gasteiger partial charge in [-0.25, -0.2) is 9.37 Å². The van der Waals surface area contributed by atoms with Crippen LogP contribution in [0.15, 0.2) is 73.2 Å². The smallest absolute Gasteiger partial charge is 0.142 e. The van der Waals surface area contributed by atoms with Crippen molar-refractivity contribution in [1.29, 1.82) is 0 Å². The maximum Gasteiger partial charge on any atom is 0.142 e. The molecule has 0 atom stereocenters. The van der Waals surface area contributed by atoms with Crippen LogP contribution < -0.4 is 5.32 Å². The van der Waals surface area contributed by atoms with Crippen LogP contribution in [0.25, 0.3) is 33.4 Å². The molecule has 0 fully saturated rings. The Morgan fingerprint density at radius 3 is 2.64 bits per heavy atom. The van der Waals surface area contributed by atoms with Gasteiger partial charge in [0.2, 0.25) is 0 Å². The molecule has 0 saturated heterocycles. The SMILES string of the molecule is CN(C)CCNc1cc(Cl)ccc1Cn1cnc(-c2ccccc2)c1-c1c[nH]c2cc(Cl)c(F)cc12. The normalized spacial score (nSPS) is 11.5. The molecule has 0 spiro atoms. The minimum Gasteiger partial charge on any atom is -0.383 e. The van der Waals surface area contributed by atoms with E-state index in [0.717, 1.165) is 57.8 Å². The van der Waals surface area contributed by atoms with Gasteiger partial charge in [0.25, 0.3) is 0 Å². The zero-order chi connectivity index (χ0) is 25.2. The number of likely N-dealkylation sites (N-methyl/N-ethyl adjacent to an activating group) is 1. The number of hydrogen-bond donors (Lipinski definition) is 2. The van der Waals surface area contributed by atoms with Crippen molar-refractivity contribution in [2.24, 2.45) is 0 Å². The number of halogens is 3. The first-order valence-corrected chi connectivity index (χ1v) is 12.4. The number of rotatable bonds is 8. The fourth-order valence-electron chi connectivity index (χ4n) is 4.35. The van der Waals surface area contributed by atoms with Crippen LogP contribution in [0, 0.1) is 5.82 Å². The Kier molecular flexibility index (Phi) is 7.01. The molecule has 0 bridgehead atoms. The highest BCUT2D eigenvalue weighted by Crippen LogP contribution is 2.38. The van der Waals surface area contributed by atoms with Crippen LogP contribution in [0.4, 0.5) is 10.1 Å². The number of aromatic amines is 1. The molecule has 5 nitrogen and oxygen atoms in total. The van der Waals surface area contributed by atoms with Crippen molar-refractivity contribution in [2.75, 3.05) is 32.5 Å². The highest BCUT2D eigenvalue weighted by Gasteiger charge is 2.20. The van der Waals surface area contributed by atoms with Gasteiger partial charge >= 0.3 is 0 Å². The average Bonchev–Trinajstić information content (AvgIpc) is 3.45. The number of imidazole rings is 1. The largest absolute Gasteiger partial charge is 0.383 e. The van der Waals surface area contributed by atoms with E-state index in [1.807, 2.05) is 75.2 Å². The van der Waals surface area contributed by atoms with Crippen LogP contribution in [0.3, 0.4) is 0 Å². The molecule has 8 heteroatoms.